The van der Waals surface area contributed by atoms with Gasteiger partial charge in [-0.25, -0.2) is 0 Å². The van der Waals surface area contributed by atoms with Crippen molar-refractivity contribution in [3.05, 3.63) is 65.7 Å². The standard InChI is InChI=1S/C25H32N2/c1-7-18-26(19-8-1)24-16-5-3-12-22(24)14-11-15-23-13-4-6-17-25(23)27-20-9-2-10-21-27/h3-6,11-14,16-17H,1-2,7-10,15,18-21H2/b14-11+. The average Bonchev–Trinajstić information content (AvgIpc) is 2.76. The molecular weight excluding hydrogens is 328 g/mol. The van der Waals surface area contributed by atoms with Gasteiger partial charge in [0.05, 0.1) is 0 Å². The fourth-order valence-electron chi connectivity index (χ4n) is 4.49. The number of benzene rings is 2. The molecule has 2 heteroatoms. The second-order valence-electron chi connectivity index (χ2n) is 7.89. The normalized spacial score (nSPS) is 18.2. The van der Waals surface area contributed by atoms with E-state index < -0.39 is 0 Å². The lowest BCUT2D eigenvalue weighted by Gasteiger charge is -2.30. The van der Waals surface area contributed by atoms with Gasteiger partial charge in [0.25, 0.3) is 0 Å². The summed E-state index contributed by atoms with van der Waals surface area (Å²) in [6, 6.07) is 17.8. The minimum absolute atomic E-state index is 1.00. The average molecular weight is 361 g/mol. The highest BCUT2D eigenvalue weighted by atomic mass is 15.1. The molecule has 0 radical (unpaired) electrons. The lowest BCUT2D eigenvalue weighted by Crippen LogP contribution is -2.30. The zero-order valence-electron chi connectivity index (χ0n) is 16.4. The zero-order chi connectivity index (χ0) is 18.3. The van der Waals surface area contributed by atoms with Gasteiger partial charge < -0.3 is 9.80 Å². The number of hydrogen-bond donors (Lipinski definition) is 0. The van der Waals surface area contributed by atoms with Crippen molar-refractivity contribution in [2.24, 2.45) is 0 Å². The number of allylic oxidation sites excluding steroid dienone is 1. The highest BCUT2D eigenvalue weighted by Gasteiger charge is 2.14. The van der Waals surface area contributed by atoms with Crippen LogP contribution < -0.4 is 9.80 Å². The molecule has 2 aromatic carbocycles. The van der Waals surface area contributed by atoms with E-state index in [0.717, 1.165) is 6.42 Å². The van der Waals surface area contributed by atoms with Crippen molar-refractivity contribution in [2.45, 2.75) is 44.9 Å². The monoisotopic (exact) mass is 360 g/mol. The minimum atomic E-state index is 1.00. The van der Waals surface area contributed by atoms with Crippen molar-refractivity contribution in [1.29, 1.82) is 0 Å². The van der Waals surface area contributed by atoms with Crippen LogP contribution in [0.4, 0.5) is 11.4 Å². The van der Waals surface area contributed by atoms with Crippen molar-refractivity contribution in [2.75, 3.05) is 36.0 Å². The predicted octanol–water partition coefficient (Wildman–Crippen LogP) is 5.92. The number of para-hydroxylation sites is 2. The maximum atomic E-state index is 2.58. The first kappa shape index (κ1) is 18.2. The number of piperidine rings is 2. The fourth-order valence-corrected chi connectivity index (χ4v) is 4.49. The molecule has 0 atom stereocenters. The smallest absolute Gasteiger partial charge is 0.0439 e. The third kappa shape index (κ3) is 4.55. The molecular formula is C25H32N2. The zero-order valence-corrected chi connectivity index (χ0v) is 16.4. The molecule has 0 saturated carbocycles. The molecule has 2 nitrogen and oxygen atoms in total. The first-order chi connectivity index (χ1) is 13.4. The van der Waals surface area contributed by atoms with Crippen molar-refractivity contribution < 1.29 is 0 Å². The lowest BCUT2D eigenvalue weighted by molar-refractivity contribution is 0.576. The van der Waals surface area contributed by atoms with Gasteiger partial charge in [-0.2, -0.15) is 0 Å². The maximum absolute atomic E-state index is 2.58. The van der Waals surface area contributed by atoms with Crippen molar-refractivity contribution in [1.82, 2.24) is 0 Å². The third-order valence-corrected chi connectivity index (χ3v) is 5.96. The Labute approximate surface area is 164 Å². The van der Waals surface area contributed by atoms with Crippen molar-refractivity contribution in [3.8, 4) is 0 Å². The van der Waals surface area contributed by atoms with E-state index in [4.69, 9.17) is 0 Å². The molecule has 0 N–H and O–H groups in total. The minimum Gasteiger partial charge on any atom is -0.371 e. The molecule has 2 heterocycles. The van der Waals surface area contributed by atoms with Gasteiger partial charge in [-0.15, -0.1) is 0 Å². The van der Waals surface area contributed by atoms with Gasteiger partial charge in [-0.05, 0) is 68.2 Å². The number of rotatable bonds is 5. The number of nitrogens with zero attached hydrogens (tertiary/aromatic N) is 2. The Morgan fingerprint density at radius 3 is 1.89 bits per heavy atom. The van der Waals surface area contributed by atoms with Crippen LogP contribution in [0.2, 0.25) is 0 Å². The summed E-state index contributed by atoms with van der Waals surface area (Å²) in [5.41, 5.74) is 5.64. The molecule has 27 heavy (non-hydrogen) atoms. The molecule has 2 fully saturated rings. The fraction of sp³-hybridized carbons (Fsp3) is 0.440. The predicted molar refractivity (Wildman–Crippen MR) is 118 cm³/mol. The first-order valence-electron chi connectivity index (χ1n) is 10.8. The van der Waals surface area contributed by atoms with Crippen LogP contribution in [0.15, 0.2) is 54.6 Å². The van der Waals surface area contributed by atoms with Crippen LogP contribution in [0.1, 0.15) is 49.7 Å². The Kier molecular flexibility index (Phi) is 6.13. The first-order valence-corrected chi connectivity index (χ1v) is 10.8. The van der Waals surface area contributed by atoms with Crippen LogP contribution >= 0.6 is 0 Å². The summed E-state index contributed by atoms with van der Waals surface area (Å²) < 4.78 is 0. The topological polar surface area (TPSA) is 6.48 Å². The van der Waals surface area contributed by atoms with Gasteiger partial charge in [0, 0.05) is 37.6 Å². The van der Waals surface area contributed by atoms with Gasteiger partial charge in [0.1, 0.15) is 0 Å². The van der Waals surface area contributed by atoms with Crippen LogP contribution in [0.3, 0.4) is 0 Å². The second-order valence-corrected chi connectivity index (χ2v) is 7.89. The SMILES string of the molecule is C(=C\c1ccccc1N1CCCCC1)/Cc1ccccc1N1CCCCC1. The Hall–Kier alpha value is -2.22. The number of hydrogen-bond acceptors (Lipinski definition) is 2. The molecule has 2 aromatic rings. The largest absolute Gasteiger partial charge is 0.371 e. The summed E-state index contributed by atoms with van der Waals surface area (Å²) in [5, 5.41) is 0. The maximum Gasteiger partial charge on any atom is 0.0439 e. The van der Waals surface area contributed by atoms with Gasteiger partial charge in [0.2, 0.25) is 0 Å². The molecule has 4 rings (SSSR count). The molecule has 2 saturated heterocycles. The van der Waals surface area contributed by atoms with E-state index in [1.54, 1.807) is 0 Å². The molecule has 0 unspecified atom stereocenters. The van der Waals surface area contributed by atoms with E-state index in [-0.39, 0.29) is 0 Å². The summed E-state index contributed by atoms with van der Waals surface area (Å²) >= 11 is 0. The van der Waals surface area contributed by atoms with Crippen LogP contribution in [-0.2, 0) is 6.42 Å². The van der Waals surface area contributed by atoms with E-state index >= 15 is 0 Å². The summed E-state index contributed by atoms with van der Waals surface area (Å²) in [5.74, 6) is 0. The Morgan fingerprint density at radius 1 is 0.630 bits per heavy atom. The highest BCUT2D eigenvalue weighted by Crippen LogP contribution is 2.27. The van der Waals surface area contributed by atoms with E-state index in [1.165, 1.54) is 87.2 Å². The summed E-state index contributed by atoms with van der Waals surface area (Å²) in [6.45, 7) is 4.81. The van der Waals surface area contributed by atoms with Gasteiger partial charge in [0.15, 0.2) is 0 Å². The van der Waals surface area contributed by atoms with Crippen LogP contribution in [0.25, 0.3) is 6.08 Å². The molecule has 2 aliphatic rings. The Balaban J connectivity index is 1.49. The molecule has 2 aliphatic heterocycles. The summed E-state index contributed by atoms with van der Waals surface area (Å²) in [4.78, 5) is 5.14. The molecule has 0 bridgehead atoms. The molecule has 0 aliphatic carbocycles. The molecule has 0 aromatic heterocycles. The quantitative estimate of drug-likeness (QED) is 0.653. The molecule has 142 valence electrons. The van der Waals surface area contributed by atoms with E-state index in [2.05, 4.69) is 70.5 Å². The third-order valence-electron chi connectivity index (χ3n) is 5.96. The van der Waals surface area contributed by atoms with Crippen LogP contribution in [0, 0.1) is 0 Å². The number of anilines is 2. The Morgan fingerprint density at radius 2 is 1.19 bits per heavy atom. The second kappa shape index (κ2) is 9.12. The van der Waals surface area contributed by atoms with E-state index in [1.807, 2.05) is 0 Å². The van der Waals surface area contributed by atoms with Crippen LogP contribution in [-0.4, -0.2) is 26.2 Å². The summed E-state index contributed by atoms with van der Waals surface area (Å²) in [6.07, 6.45) is 13.7. The lowest BCUT2D eigenvalue weighted by atomic mass is 10.0. The summed E-state index contributed by atoms with van der Waals surface area (Å²) in [7, 11) is 0. The van der Waals surface area contributed by atoms with Crippen molar-refractivity contribution >= 4 is 17.5 Å². The van der Waals surface area contributed by atoms with Crippen LogP contribution in [0.5, 0.6) is 0 Å². The molecule has 0 spiro atoms. The van der Waals surface area contributed by atoms with Gasteiger partial charge >= 0.3 is 0 Å². The molecule has 0 amide bonds. The Bertz CT molecular complexity index is 752. The highest BCUT2D eigenvalue weighted by molar-refractivity contribution is 5.68. The van der Waals surface area contributed by atoms with E-state index in [9.17, 15) is 0 Å². The van der Waals surface area contributed by atoms with E-state index in [0.29, 0.717) is 0 Å². The van der Waals surface area contributed by atoms with Gasteiger partial charge in [-0.3, -0.25) is 0 Å². The van der Waals surface area contributed by atoms with Gasteiger partial charge in [-0.1, -0.05) is 48.6 Å². The van der Waals surface area contributed by atoms with Crippen molar-refractivity contribution in [3.63, 3.8) is 0 Å².